The third-order valence-electron chi connectivity index (χ3n) is 9.30. The van der Waals surface area contributed by atoms with Gasteiger partial charge in [0.15, 0.2) is 11.5 Å². The quantitative estimate of drug-likeness (QED) is 0.891. The van der Waals surface area contributed by atoms with Crippen molar-refractivity contribution in [2.75, 3.05) is 20.8 Å². The first-order valence-corrected chi connectivity index (χ1v) is 9.90. The van der Waals surface area contributed by atoms with E-state index in [0.29, 0.717) is 17.9 Å². The Labute approximate surface area is 148 Å². The van der Waals surface area contributed by atoms with E-state index in [9.17, 15) is 5.11 Å². The lowest BCUT2D eigenvalue weighted by atomic mass is 9.59. The molecule has 1 aromatic carbocycles. The third-order valence-corrected chi connectivity index (χ3v) is 9.30. The Balaban J connectivity index is 1.18. The number of ether oxygens (including phenoxy) is 2. The van der Waals surface area contributed by atoms with Crippen molar-refractivity contribution >= 4 is 0 Å². The van der Waals surface area contributed by atoms with Gasteiger partial charge in [0.25, 0.3) is 0 Å². The number of hydrogen-bond donors (Lipinski definition) is 1. The molecule has 7 aliphatic rings. The Kier molecular flexibility index (Phi) is 2.23. The van der Waals surface area contributed by atoms with Crippen molar-refractivity contribution in [3.63, 3.8) is 0 Å². The van der Waals surface area contributed by atoms with Gasteiger partial charge in [0.05, 0.1) is 14.2 Å². The molecule has 0 radical (unpaired) electrons. The lowest BCUT2D eigenvalue weighted by molar-refractivity contribution is -0.130. The van der Waals surface area contributed by atoms with Crippen molar-refractivity contribution in [2.24, 2.45) is 47.3 Å². The zero-order valence-electron chi connectivity index (χ0n) is 14.8. The molecule has 4 nitrogen and oxygen atoms in total. The minimum atomic E-state index is -0.451. The maximum Gasteiger partial charge on any atom is 0.160 e. The average Bonchev–Trinajstić information content (AvgIpc) is 3.25. The van der Waals surface area contributed by atoms with E-state index in [0.717, 1.165) is 60.0 Å². The van der Waals surface area contributed by atoms with E-state index >= 15 is 0 Å². The van der Waals surface area contributed by atoms with E-state index in [4.69, 9.17) is 9.47 Å². The summed E-state index contributed by atoms with van der Waals surface area (Å²) in [7, 11) is 3.36. The molecule has 0 spiro atoms. The number of aliphatic hydroxyl groups is 1. The number of rotatable bonds is 5. The first kappa shape index (κ1) is 13.9. The number of nitrogens with zero attached hydrogens (tertiary/aromatic N) is 1. The molecule has 2 aliphatic heterocycles. The molecule has 7 fully saturated rings. The Morgan fingerprint density at radius 2 is 1.88 bits per heavy atom. The predicted octanol–water partition coefficient (Wildman–Crippen LogP) is 2.01. The van der Waals surface area contributed by atoms with Gasteiger partial charge in [-0.15, -0.1) is 0 Å². The second-order valence-electron chi connectivity index (χ2n) is 9.33. The van der Waals surface area contributed by atoms with Crippen LogP contribution in [0.25, 0.3) is 0 Å². The Morgan fingerprint density at radius 3 is 2.68 bits per heavy atom. The second kappa shape index (κ2) is 4.01. The maximum absolute atomic E-state index is 11.7. The Morgan fingerprint density at radius 1 is 1.04 bits per heavy atom. The van der Waals surface area contributed by atoms with E-state index in [2.05, 4.69) is 17.0 Å². The first-order valence-electron chi connectivity index (χ1n) is 9.90. The van der Waals surface area contributed by atoms with Gasteiger partial charge in [0, 0.05) is 24.4 Å². The van der Waals surface area contributed by atoms with Crippen LogP contribution in [0.15, 0.2) is 18.2 Å². The van der Waals surface area contributed by atoms with Gasteiger partial charge in [-0.1, -0.05) is 6.07 Å². The topological polar surface area (TPSA) is 41.9 Å². The standard InChI is InChI=1S/C21H25NO3/c1-24-12-4-3-9(7-13(12)25-2)5-6-22-20-16-10-8-11-15-14(10)17(20)19(15)21(22,23)18(11)16/h3-4,7,10-11,14-20,23H,5-6,8H2,1-2H3. The molecule has 8 rings (SSSR count). The zero-order valence-corrected chi connectivity index (χ0v) is 14.8. The molecule has 10 unspecified atom stereocenters. The van der Waals surface area contributed by atoms with Crippen LogP contribution in [0.3, 0.4) is 0 Å². The van der Waals surface area contributed by atoms with Gasteiger partial charge >= 0.3 is 0 Å². The molecule has 1 N–H and O–H groups in total. The van der Waals surface area contributed by atoms with Crippen molar-refractivity contribution in [1.82, 2.24) is 4.90 Å². The summed E-state index contributed by atoms with van der Waals surface area (Å²) in [6, 6.07) is 6.91. The van der Waals surface area contributed by atoms with Gasteiger partial charge in [0.2, 0.25) is 0 Å². The van der Waals surface area contributed by atoms with Crippen LogP contribution in [0.1, 0.15) is 12.0 Å². The van der Waals surface area contributed by atoms with Crippen LogP contribution < -0.4 is 9.47 Å². The molecule has 2 saturated heterocycles. The Hall–Kier alpha value is -1.26. The highest BCUT2D eigenvalue weighted by molar-refractivity contribution is 5.44. The van der Waals surface area contributed by atoms with Crippen LogP contribution in [-0.4, -0.2) is 42.5 Å². The molecule has 25 heavy (non-hydrogen) atoms. The van der Waals surface area contributed by atoms with Gasteiger partial charge in [-0.25, -0.2) is 0 Å². The molecular formula is C21H25NO3. The Bertz CT molecular complexity index is 795. The summed E-state index contributed by atoms with van der Waals surface area (Å²) in [6.45, 7) is 0.982. The fourth-order valence-corrected chi connectivity index (χ4v) is 9.15. The SMILES string of the molecule is COc1ccc(CCN2C3C4C5CC6C7C5C3C7C2(O)C64)cc1OC. The zero-order chi connectivity index (χ0) is 16.7. The third kappa shape index (κ3) is 1.19. The fraction of sp³-hybridized carbons (Fsp3) is 0.714. The summed E-state index contributed by atoms with van der Waals surface area (Å²) in [5, 5.41) is 11.7. The summed E-state index contributed by atoms with van der Waals surface area (Å²) < 4.78 is 10.8. The number of hydrogen-bond acceptors (Lipinski definition) is 4. The van der Waals surface area contributed by atoms with Crippen LogP contribution in [0.4, 0.5) is 0 Å². The smallest absolute Gasteiger partial charge is 0.160 e. The van der Waals surface area contributed by atoms with Crippen molar-refractivity contribution in [2.45, 2.75) is 24.6 Å². The lowest BCUT2D eigenvalue weighted by Gasteiger charge is -2.45. The van der Waals surface area contributed by atoms with E-state index in [1.807, 2.05) is 6.07 Å². The summed E-state index contributed by atoms with van der Waals surface area (Å²) >= 11 is 0. The van der Waals surface area contributed by atoms with Crippen molar-refractivity contribution < 1.29 is 14.6 Å². The fourth-order valence-electron chi connectivity index (χ4n) is 9.15. The molecule has 4 bridgehead atoms. The lowest BCUT2D eigenvalue weighted by Crippen LogP contribution is -2.51. The van der Waals surface area contributed by atoms with Crippen molar-refractivity contribution in [3.8, 4) is 11.5 Å². The van der Waals surface area contributed by atoms with Gasteiger partial charge in [-0.3, -0.25) is 4.90 Å². The van der Waals surface area contributed by atoms with E-state index < -0.39 is 5.72 Å². The monoisotopic (exact) mass is 339 g/mol. The highest BCUT2D eigenvalue weighted by atomic mass is 16.5. The number of methoxy groups -OCH3 is 2. The van der Waals surface area contributed by atoms with Crippen LogP contribution in [0.5, 0.6) is 11.5 Å². The molecule has 5 saturated carbocycles. The predicted molar refractivity (Wildman–Crippen MR) is 91.2 cm³/mol. The van der Waals surface area contributed by atoms with Crippen molar-refractivity contribution in [3.05, 3.63) is 23.8 Å². The van der Waals surface area contributed by atoms with E-state index in [1.54, 1.807) is 14.2 Å². The van der Waals surface area contributed by atoms with E-state index in [-0.39, 0.29) is 0 Å². The van der Waals surface area contributed by atoms with E-state index in [1.165, 1.54) is 12.0 Å². The molecule has 132 valence electrons. The van der Waals surface area contributed by atoms with Crippen LogP contribution in [0.2, 0.25) is 0 Å². The normalized spacial score (nSPS) is 54.8. The largest absolute Gasteiger partial charge is 0.493 e. The minimum Gasteiger partial charge on any atom is -0.493 e. The number of benzene rings is 1. The summed E-state index contributed by atoms with van der Waals surface area (Å²) in [5.41, 5.74) is 0.818. The summed E-state index contributed by atoms with van der Waals surface area (Å²) in [4.78, 5) is 2.56. The first-order chi connectivity index (χ1) is 12.2. The highest BCUT2D eigenvalue weighted by Gasteiger charge is 2.93. The average molecular weight is 339 g/mol. The molecule has 5 aliphatic carbocycles. The highest BCUT2D eigenvalue weighted by Crippen LogP contribution is 2.90. The molecule has 0 aromatic heterocycles. The summed E-state index contributed by atoms with van der Waals surface area (Å²) in [6.07, 6.45) is 2.42. The van der Waals surface area contributed by atoms with Crippen molar-refractivity contribution in [1.29, 1.82) is 0 Å². The molecule has 2 heterocycles. The van der Waals surface area contributed by atoms with Gasteiger partial charge in [-0.05, 0) is 66.0 Å². The maximum atomic E-state index is 11.7. The van der Waals surface area contributed by atoms with Crippen LogP contribution >= 0.6 is 0 Å². The van der Waals surface area contributed by atoms with Crippen LogP contribution in [-0.2, 0) is 6.42 Å². The minimum absolute atomic E-state index is 0.451. The van der Waals surface area contributed by atoms with Gasteiger partial charge in [-0.2, -0.15) is 0 Å². The molecule has 10 atom stereocenters. The molecular weight excluding hydrogens is 314 g/mol. The van der Waals surface area contributed by atoms with Gasteiger partial charge in [0.1, 0.15) is 5.72 Å². The second-order valence-corrected chi connectivity index (χ2v) is 9.33. The molecule has 4 heteroatoms. The summed E-state index contributed by atoms with van der Waals surface area (Å²) in [5.74, 6) is 8.17. The van der Waals surface area contributed by atoms with Crippen LogP contribution in [0, 0.1) is 47.3 Å². The molecule has 0 amide bonds. The van der Waals surface area contributed by atoms with Gasteiger partial charge < -0.3 is 14.6 Å². The molecule has 1 aromatic rings.